The molecule has 1 aliphatic carbocycles. The van der Waals surface area contributed by atoms with Crippen molar-refractivity contribution in [1.29, 1.82) is 5.26 Å². The Morgan fingerprint density at radius 3 is 2.40 bits per heavy atom. The zero-order chi connectivity index (χ0) is 24.6. The number of thiophene rings is 1. The van der Waals surface area contributed by atoms with Crippen LogP contribution >= 0.6 is 11.3 Å². The van der Waals surface area contributed by atoms with Crippen LogP contribution in [0, 0.1) is 11.3 Å². The molecule has 0 saturated heterocycles. The van der Waals surface area contributed by atoms with E-state index in [1.54, 1.807) is 31.4 Å². The summed E-state index contributed by atoms with van der Waals surface area (Å²) in [5.41, 5.74) is 4.21. The van der Waals surface area contributed by atoms with Crippen molar-refractivity contribution in [2.75, 3.05) is 32.2 Å². The molecule has 8 heteroatoms. The molecule has 0 fully saturated rings. The minimum Gasteiger partial charge on any atom is -0.484 e. The number of fused-ring (bicyclic) bond motifs is 1. The third kappa shape index (κ3) is 6.07. The van der Waals surface area contributed by atoms with Crippen LogP contribution in [-0.2, 0) is 22.4 Å². The lowest BCUT2D eigenvalue weighted by Crippen LogP contribution is -2.29. The first kappa shape index (κ1) is 24.5. The second-order valence-corrected chi connectivity index (χ2v) is 9.32. The first-order chi connectivity index (χ1) is 17.1. The van der Waals surface area contributed by atoms with E-state index in [0.29, 0.717) is 35.0 Å². The minimum absolute atomic E-state index is 0.163. The highest BCUT2D eigenvalue weighted by molar-refractivity contribution is 7.17. The van der Waals surface area contributed by atoms with E-state index in [-0.39, 0.29) is 18.4 Å². The zero-order valence-corrected chi connectivity index (χ0v) is 20.4. The Kier molecular flexibility index (Phi) is 8.14. The summed E-state index contributed by atoms with van der Waals surface area (Å²) in [6.45, 7) is 0.677. The van der Waals surface area contributed by atoms with E-state index in [0.717, 1.165) is 42.4 Å². The number of benzene rings is 2. The molecular formula is C27H27N3O4S. The lowest BCUT2D eigenvalue weighted by molar-refractivity contribution is -0.118. The monoisotopic (exact) mass is 489 g/mol. The number of rotatable bonds is 9. The second kappa shape index (κ2) is 11.6. The Morgan fingerprint density at radius 2 is 1.71 bits per heavy atom. The molecule has 0 bridgehead atoms. The van der Waals surface area contributed by atoms with Gasteiger partial charge >= 0.3 is 0 Å². The largest absolute Gasteiger partial charge is 0.484 e. The number of nitrogens with zero attached hydrogens (tertiary/aromatic N) is 1. The molecule has 0 atom stereocenters. The van der Waals surface area contributed by atoms with Gasteiger partial charge in [-0.25, -0.2) is 0 Å². The predicted octanol–water partition coefficient (Wildman–Crippen LogP) is 4.56. The molecule has 0 aliphatic heterocycles. The number of hydrogen-bond acceptors (Lipinski definition) is 6. The summed E-state index contributed by atoms with van der Waals surface area (Å²) in [4.78, 5) is 26.7. The van der Waals surface area contributed by atoms with Gasteiger partial charge in [0.05, 0.1) is 23.8 Å². The number of hydrogen-bond donors (Lipinski definition) is 2. The molecule has 35 heavy (non-hydrogen) atoms. The summed E-state index contributed by atoms with van der Waals surface area (Å²) in [6.07, 6.45) is 3.90. The summed E-state index contributed by atoms with van der Waals surface area (Å²) < 4.78 is 10.7. The standard InChI is InChI=1S/C27H27N3O4S/c1-33-15-14-29-26(32)25-22-4-2-3-5-23(22)35-27(25)30-24(31)17-34-21-12-10-20(11-13-21)19-8-6-18(16-28)7-9-19/h6-13H,2-5,14-15,17H2,1H3,(H,29,32)(H,30,31). The van der Waals surface area contributed by atoms with E-state index in [2.05, 4.69) is 16.7 Å². The van der Waals surface area contributed by atoms with E-state index >= 15 is 0 Å². The lowest BCUT2D eigenvalue weighted by Gasteiger charge is -2.13. The maximum Gasteiger partial charge on any atom is 0.262 e. The van der Waals surface area contributed by atoms with Gasteiger partial charge < -0.3 is 20.1 Å². The molecule has 180 valence electrons. The van der Waals surface area contributed by atoms with Crippen molar-refractivity contribution >= 4 is 28.2 Å². The van der Waals surface area contributed by atoms with Gasteiger partial charge in [-0.1, -0.05) is 24.3 Å². The Hall–Kier alpha value is -3.67. The van der Waals surface area contributed by atoms with Gasteiger partial charge in [-0.2, -0.15) is 5.26 Å². The van der Waals surface area contributed by atoms with Crippen LogP contribution in [0.2, 0.25) is 0 Å². The summed E-state index contributed by atoms with van der Waals surface area (Å²) in [7, 11) is 1.59. The van der Waals surface area contributed by atoms with Crippen LogP contribution in [0.15, 0.2) is 48.5 Å². The first-order valence-corrected chi connectivity index (χ1v) is 12.4. The van der Waals surface area contributed by atoms with Gasteiger partial charge in [-0.05, 0) is 66.6 Å². The van der Waals surface area contributed by atoms with E-state index in [1.807, 2.05) is 24.3 Å². The first-order valence-electron chi connectivity index (χ1n) is 11.5. The summed E-state index contributed by atoms with van der Waals surface area (Å²) in [5, 5.41) is 15.3. The van der Waals surface area contributed by atoms with E-state index in [9.17, 15) is 9.59 Å². The number of methoxy groups -OCH3 is 1. The van der Waals surface area contributed by atoms with Crippen molar-refractivity contribution in [1.82, 2.24) is 5.32 Å². The molecule has 3 aromatic rings. The van der Waals surface area contributed by atoms with Crippen molar-refractivity contribution in [3.05, 3.63) is 70.1 Å². The number of carbonyl (C=O) groups excluding carboxylic acids is 2. The van der Waals surface area contributed by atoms with Gasteiger partial charge in [0.25, 0.3) is 11.8 Å². The molecule has 2 aromatic carbocycles. The van der Waals surface area contributed by atoms with Crippen LogP contribution in [0.25, 0.3) is 11.1 Å². The van der Waals surface area contributed by atoms with Crippen LogP contribution in [0.1, 0.15) is 39.2 Å². The van der Waals surface area contributed by atoms with Crippen molar-refractivity contribution in [3.8, 4) is 22.9 Å². The fourth-order valence-corrected chi connectivity index (χ4v) is 5.34. The zero-order valence-electron chi connectivity index (χ0n) is 19.6. The molecule has 0 radical (unpaired) electrons. The summed E-state index contributed by atoms with van der Waals surface area (Å²) in [6, 6.07) is 16.9. The molecule has 0 unspecified atom stereocenters. The van der Waals surface area contributed by atoms with Crippen molar-refractivity contribution in [2.24, 2.45) is 0 Å². The quantitative estimate of drug-likeness (QED) is 0.429. The van der Waals surface area contributed by atoms with Gasteiger partial charge in [-0.3, -0.25) is 9.59 Å². The van der Waals surface area contributed by atoms with Crippen LogP contribution < -0.4 is 15.4 Å². The summed E-state index contributed by atoms with van der Waals surface area (Å²) >= 11 is 1.48. The third-order valence-electron chi connectivity index (χ3n) is 5.81. The summed E-state index contributed by atoms with van der Waals surface area (Å²) in [5.74, 6) is 0.0716. The number of anilines is 1. The molecule has 1 aromatic heterocycles. The van der Waals surface area contributed by atoms with E-state index in [1.165, 1.54) is 16.2 Å². The van der Waals surface area contributed by atoms with Crippen molar-refractivity contribution in [3.63, 3.8) is 0 Å². The van der Waals surface area contributed by atoms with Crippen LogP contribution in [0.5, 0.6) is 5.75 Å². The van der Waals surface area contributed by atoms with Crippen LogP contribution in [0.3, 0.4) is 0 Å². The SMILES string of the molecule is COCCNC(=O)c1c(NC(=O)COc2ccc(-c3ccc(C#N)cc3)cc2)sc2c1CCCC2. The lowest BCUT2D eigenvalue weighted by atomic mass is 9.95. The molecular weight excluding hydrogens is 462 g/mol. The molecule has 2 N–H and O–H groups in total. The highest BCUT2D eigenvalue weighted by Crippen LogP contribution is 2.38. The number of nitrogens with one attached hydrogen (secondary N) is 2. The highest BCUT2D eigenvalue weighted by atomic mass is 32.1. The van der Waals surface area contributed by atoms with E-state index in [4.69, 9.17) is 14.7 Å². The van der Waals surface area contributed by atoms with Crippen LogP contribution in [-0.4, -0.2) is 38.7 Å². The normalized spacial score (nSPS) is 12.3. The Balaban J connectivity index is 1.39. The van der Waals surface area contributed by atoms with E-state index < -0.39 is 0 Å². The van der Waals surface area contributed by atoms with Crippen molar-refractivity contribution in [2.45, 2.75) is 25.7 Å². The molecule has 7 nitrogen and oxygen atoms in total. The highest BCUT2D eigenvalue weighted by Gasteiger charge is 2.26. The maximum absolute atomic E-state index is 12.9. The molecule has 1 aliphatic rings. The number of amides is 2. The second-order valence-electron chi connectivity index (χ2n) is 8.21. The number of ether oxygens (including phenoxy) is 2. The Morgan fingerprint density at radius 1 is 1.03 bits per heavy atom. The van der Waals surface area contributed by atoms with Gasteiger partial charge in [0.15, 0.2) is 6.61 Å². The van der Waals surface area contributed by atoms with Gasteiger partial charge in [0, 0.05) is 18.5 Å². The maximum atomic E-state index is 12.9. The average molecular weight is 490 g/mol. The van der Waals surface area contributed by atoms with Crippen molar-refractivity contribution < 1.29 is 19.1 Å². The Labute approximate surface area is 208 Å². The third-order valence-corrected chi connectivity index (χ3v) is 7.02. The molecule has 2 amide bonds. The number of carbonyl (C=O) groups is 2. The molecule has 0 spiro atoms. The average Bonchev–Trinajstić information content (AvgIpc) is 3.25. The van der Waals surface area contributed by atoms with Crippen LogP contribution in [0.4, 0.5) is 5.00 Å². The topological polar surface area (TPSA) is 100 Å². The molecule has 1 heterocycles. The molecule has 0 saturated carbocycles. The Bertz CT molecular complexity index is 1230. The number of aryl methyl sites for hydroxylation is 1. The number of nitriles is 1. The smallest absolute Gasteiger partial charge is 0.262 e. The molecule has 4 rings (SSSR count). The van der Waals surface area contributed by atoms with Gasteiger partial charge in [0.1, 0.15) is 10.8 Å². The fourth-order valence-electron chi connectivity index (χ4n) is 4.04. The fraction of sp³-hybridized carbons (Fsp3) is 0.296. The predicted molar refractivity (Wildman–Crippen MR) is 136 cm³/mol. The van der Waals surface area contributed by atoms with Gasteiger partial charge in [-0.15, -0.1) is 11.3 Å². The minimum atomic E-state index is -0.314. The van der Waals surface area contributed by atoms with Gasteiger partial charge in [0.2, 0.25) is 0 Å².